The van der Waals surface area contributed by atoms with Gasteiger partial charge in [0.15, 0.2) is 4.34 Å². The maximum atomic E-state index is 5.77. The number of methoxy groups -OCH3 is 1. The highest BCUT2D eigenvalue weighted by Gasteiger charge is 2.06. The first kappa shape index (κ1) is 12.2. The Morgan fingerprint density at radius 3 is 2.94 bits per heavy atom. The molecule has 0 saturated carbocycles. The van der Waals surface area contributed by atoms with Crippen LogP contribution < -0.4 is 10.5 Å². The maximum Gasteiger partial charge on any atom is 0.170 e. The first-order valence-electron chi connectivity index (χ1n) is 5.04. The van der Waals surface area contributed by atoms with Crippen LogP contribution in [-0.4, -0.2) is 16.5 Å². The molecular weight excluding hydrogens is 254 g/mol. The number of nitrogens with zero attached hydrogens (tertiary/aromatic N) is 2. The summed E-state index contributed by atoms with van der Waals surface area (Å²) >= 11 is 3.06. The standard InChI is InChI=1S/C11H13N3OS2/c1-7-13-11(17-14-7)16-6-8-5-9(12)3-4-10(8)15-2/h3-5H,6,12H2,1-2H3. The number of hydrogen-bond donors (Lipinski definition) is 1. The predicted molar refractivity (Wildman–Crippen MR) is 71.6 cm³/mol. The second-order valence-corrected chi connectivity index (χ2v) is 5.44. The molecule has 1 aromatic carbocycles. The largest absolute Gasteiger partial charge is 0.496 e. The van der Waals surface area contributed by atoms with Crippen LogP contribution in [0.25, 0.3) is 0 Å². The van der Waals surface area contributed by atoms with Crippen LogP contribution in [0.3, 0.4) is 0 Å². The van der Waals surface area contributed by atoms with Gasteiger partial charge in [-0.2, -0.15) is 4.37 Å². The fourth-order valence-electron chi connectivity index (χ4n) is 1.39. The van der Waals surface area contributed by atoms with Crippen molar-refractivity contribution in [1.29, 1.82) is 0 Å². The van der Waals surface area contributed by atoms with Crippen molar-refractivity contribution in [2.24, 2.45) is 0 Å². The number of thioether (sulfide) groups is 1. The Morgan fingerprint density at radius 1 is 1.47 bits per heavy atom. The van der Waals surface area contributed by atoms with E-state index in [1.54, 1.807) is 18.9 Å². The van der Waals surface area contributed by atoms with Gasteiger partial charge in [-0.05, 0) is 36.7 Å². The molecule has 0 aliphatic carbocycles. The molecule has 90 valence electrons. The fraction of sp³-hybridized carbons (Fsp3) is 0.273. The van der Waals surface area contributed by atoms with Gasteiger partial charge < -0.3 is 10.5 Å². The van der Waals surface area contributed by atoms with E-state index in [0.717, 1.165) is 32.9 Å². The molecule has 0 spiro atoms. The molecule has 4 nitrogen and oxygen atoms in total. The van der Waals surface area contributed by atoms with E-state index < -0.39 is 0 Å². The summed E-state index contributed by atoms with van der Waals surface area (Å²) in [5, 5.41) is 0. The van der Waals surface area contributed by atoms with Gasteiger partial charge in [0.05, 0.1) is 7.11 Å². The van der Waals surface area contributed by atoms with Crippen LogP contribution in [0.15, 0.2) is 22.5 Å². The maximum absolute atomic E-state index is 5.77. The van der Waals surface area contributed by atoms with Gasteiger partial charge in [-0.15, -0.1) is 0 Å². The van der Waals surface area contributed by atoms with Gasteiger partial charge in [0, 0.05) is 17.0 Å². The first-order valence-corrected chi connectivity index (χ1v) is 6.80. The van der Waals surface area contributed by atoms with Crippen molar-refractivity contribution in [2.75, 3.05) is 12.8 Å². The Labute approximate surface area is 108 Å². The molecule has 2 aromatic rings. The minimum absolute atomic E-state index is 0.745. The third kappa shape index (κ3) is 3.10. The lowest BCUT2D eigenvalue weighted by atomic mass is 10.2. The quantitative estimate of drug-likeness (QED) is 0.681. The van der Waals surface area contributed by atoms with Gasteiger partial charge in [-0.25, -0.2) is 4.98 Å². The molecule has 0 aliphatic rings. The van der Waals surface area contributed by atoms with E-state index in [1.807, 2.05) is 25.1 Å². The van der Waals surface area contributed by atoms with Gasteiger partial charge >= 0.3 is 0 Å². The molecule has 0 amide bonds. The molecule has 0 radical (unpaired) electrons. The third-order valence-electron chi connectivity index (χ3n) is 2.16. The molecule has 1 aromatic heterocycles. The summed E-state index contributed by atoms with van der Waals surface area (Å²) < 4.78 is 10.4. The smallest absolute Gasteiger partial charge is 0.170 e. The SMILES string of the molecule is COc1ccc(N)cc1CSc1nc(C)ns1. The topological polar surface area (TPSA) is 61.0 Å². The van der Waals surface area contributed by atoms with Crippen molar-refractivity contribution < 1.29 is 4.74 Å². The zero-order valence-electron chi connectivity index (χ0n) is 9.64. The number of hydrogen-bond acceptors (Lipinski definition) is 6. The zero-order chi connectivity index (χ0) is 12.3. The lowest BCUT2D eigenvalue weighted by Gasteiger charge is -2.07. The van der Waals surface area contributed by atoms with Crippen LogP contribution in [0.5, 0.6) is 5.75 Å². The monoisotopic (exact) mass is 267 g/mol. The van der Waals surface area contributed by atoms with Crippen molar-refractivity contribution >= 4 is 29.0 Å². The summed E-state index contributed by atoms with van der Waals surface area (Å²) in [5.74, 6) is 2.45. The number of aryl methyl sites for hydroxylation is 1. The van der Waals surface area contributed by atoms with E-state index in [9.17, 15) is 0 Å². The molecule has 2 rings (SSSR count). The van der Waals surface area contributed by atoms with E-state index in [2.05, 4.69) is 9.36 Å². The molecule has 0 atom stereocenters. The van der Waals surface area contributed by atoms with Gasteiger partial charge in [-0.3, -0.25) is 0 Å². The Morgan fingerprint density at radius 2 is 2.29 bits per heavy atom. The molecule has 0 bridgehead atoms. The highest BCUT2D eigenvalue weighted by Crippen LogP contribution is 2.30. The molecule has 17 heavy (non-hydrogen) atoms. The van der Waals surface area contributed by atoms with Crippen LogP contribution in [0, 0.1) is 6.92 Å². The Hall–Kier alpha value is -1.27. The van der Waals surface area contributed by atoms with E-state index in [0.29, 0.717) is 0 Å². The van der Waals surface area contributed by atoms with Crippen LogP contribution in [0.1, 0.15) is 11.4 Å². The summed E-state index contributed by atoms with van der Waals surface area (Å²) in [6, 6.07) is 5.65. The summed E-state index contributed by atoms with van der Waals surface area (Å²) in [7, 11) is 1.66. The number of benzene rings is 1. The zero-order valence-corrected chi connectivity index (χ0v) is 11.3. The third-order valence-corrected chi connectivity index (χ3v) is 4.14. The van der Waals surface area contributed by atoms with Gasteiger partial charge in [0.2, 0.25) is 0 Å². The van der Waals surface area contributed by atoms with E-state index in [4.69, 9.17) is 10.5 Å². The highest BCUT2D eigenvalue weighted by molar-refractivity contribution is 8.00. The Balaban J connectivity index is 2.10. The van der Waals surface area contributed by atoms with E-state index in [1.165, 1.54) is 11.5 Å². The lowest BCUT2D eigenvalue weighted by molar-refractivity contribution is 0.411. The van der Waals surface area contributed by atoms with Gasteiger partial charge in [0.1, 0.15) is 11.6 Å². The molecule has 1 heterocycles. The number of nitrogens with two attached hydrogens (primary N) is 1. The molecule has 0 fully saturated rings. The second kappa shape index (κ2) is 5.37. The Bertz CT molecular complexity index is 513. The fourth-order valence-corrected chi connectivity index (χ4v) is 3.01. The lowest BCUT2D eigenvalue weighted by Crippen LogP contribution is -1.93. The van der Waals surface area contributed by atoms with E-state index >= 15 is 0 Å². The van der Waals surface area contributed by atoms with Gasteiger partial charge in [-0.1, -0.05) is 11.8 Å². The predicted octanol–water partition coefficient (Wildman–Crippen LogP) is 2.73. The molecule has 2 N–H and O–H groups in total. The highest BCUT2D eigenvalue weighted by atomic mass is 32.2. The van der Waals surface area contributed by atoms with E-state index in [-0.39, 0.29) is 0 Å². The summed E-state index contributed by atoms with van der Waals surface area (Å²) in [6.07, 6.45) is 0. The number of aromatic nitrogens is 2. The average Bonchev–Trinajstić information content (AvgIpc) is 2.73. The first-order chi connectivity index (χ1) is 8.19. The van der Waals surface area contributed by atoms with Crippen molar-refractivity contribution in [1.82, 2.24) is 9.36 Å². The number of anilines is 1. The number of ether oxygens (including phenoxy) is 1. The molecule has 0 unspecified atom stereocenters. The van der Waals surface area contributed by atoms with Crippen molar-refractivity contribution in [3.05, 3.63) is 29.6 Å². The van der Waals surface area contributed by atoms with Gasteiger partial charge in [0.25, 0.3) is 0 Å². The minimum atomic E-state index is 0.745. The average molecular weight is 267 g/mol. The molecule has 0 saturated heterocycles. The number of nitrogen functional groups attached to an aromatic ring is 1. The molecule has 0 aliphatic heterocycles. The molecular formula is C11H13N3OS2. The second-order valence-electron chi connectivity index (χ2n) is 3.47. The Kier molecular flexibility index (Phi) is 3.86. The summed E-state index contributed by atoms with van der Waals surface area (Å²) in [4.78, 5) is 4.30. The molecule has 6 heteroatoms. The van der Waals surface area contributed by atoms with Crippen LogP contribution in [0.2, 0.25) is 0 Å². The summed E-state index contributed by atoms with van der Waals surface area (Å²) in [5.41, 5.74) is 7.58. The number of rotatable bonds is 4. The normalized spacial score (nSPS) is 10.5. The minimum Gasteiger partial charge on any atom is -0.496 e. The van der Waals surface area contributed by atoms with Crippen LogP contribution in [-0.2, 0) is 5.75 Å². The van der Waals surface area contributed by atoms with Crippen LogP contribution in [0.4, 0.5) is 5.69 Å². The van der Waals surface area contributed by atoms with Crippen molar-refractivity contribution in [2.45, 2.75) is 17.0 Å². The van der Waals surface area contributed by atoms with Crippen LogP contribution >= 0.6 is 23.3 Å². The summed E-state index contributed by atoms with van der Waals surface area (Å²) in [6.45, 7) is 1.89. The van der Waals surface area contributed by atoms with Crippen molar-refractivity contribution in [3.63, 3.8) is 0 Å². The van der Waals surface area contributed by atoms with Crippen molar-refractivity contribution in [3.8, 4) is 5.75 Å².